The van der Waals surface area contributed by atoms with Crippen LogP contribution in [0.25, 0.3) is 0 Å². The van der Waals surface area contributed by atoms with Gasteiger partial charge in [-0.1, -0.05) is 54.0 Å². The molecule has 0 unspecified atom stereocenters. The SMILES string of the molecule is CC[C@H](C)[C@H](NC(=O)C(CC)(CC)NC(C)C)C(=O)N(C)[C@H](C=C(C)C(=O)O)C(C)C. The molecule has 0 aliphatic carbocycles. The Morgan fingerprint density at radius 2 is 1.55 bits per heavy atom. The summed E-state index contributed by atoms with van der Waals surface area (Å²) in [6, 6.07) is -0.947. The second-order valence-corrected chi connectivity index (χ2v) is 9.26. The summed E-state index contributed by atoms with van der Waals surface area (Å²) in [4.78, 5) is 39.8. The van der Waals surface area contributed by atoms with Gasteiger partial charge in [-0.15, -0.1) is 0 Å². The first kappa shape index (κ1) is 29.1. The summed E-state index contributed by atoms with van der Waals surface area (Å²) in [5.74, 6) is -1.43. The Balaban J connectivity index is 5.97. The topological polar surface area (TPSA) is 98.7 Å². The number of hydrogen-bond donors (Lipinski definition) is 3. The molecular weight excluding hydrogens is 394 g/mol. The zero-order chi connectivity index (χ0) is 24.5. The van der Waals surface area contributed by atoms with Gasteiger partial charge in [0, 0.05) is 18.7 Å². The van der Waals surface area contributed by atoms with E-state index in [4.69, 9.17) is 0 Å². The van der Waals surface area contributed by atoms with E-state index in [9.17, 15) is 19.5 Å². The highest BCUT2D eigenvalue weighted by Gasteiger charge is 2.39. The van der Waals surface area contributed by atoms with E-state index in [1.807, 2.05) is 55.4 Å². The van der Waals surface area contributed by atoms with Gasteiger partial charge < -0.3 is 20.6 Å². The molecule has 0 rings (SSSR count). The second-order valence-electron chi connectivity index (χ2n) is 9.26. The number of likely N-dealkylation sites (N-methyl/N-ethyl adjacent to an activating group) is 1. The number of carbonyl (C=O) groups excluding carboxylic acids is 2. The predicted octanol–water partition coefficient (Wildman–Crippen LogP) is 3.59. The number of carboxylic acid groups (broad SMARTS) is 1. The summed E-state index contributed by atoms with van der Waals surface area (Å²) in [5.41, 5.74) is -0.546. The van der Waals surface area contributed by atoms with Crippen LogP contribution in [-0.4, -0.2) is 58.5 Å². The summed E-state index contributed by atoms with van der Waals surface area (Å²) >= 11 is 0. The molecule has 0 aromatic carbocycles. The average Bonchev–Trinajstić information content (AvgIpc) is 2.71. The Morgan fingerprint density at radius 1 is 1.03 bits per heavy atom. The van der Waals surface area contributed by atoms with Crippen LogP contribution in [0, 0.1) is 11.8 Å². The maximum absolute atomic E-state index is 13.5. The number of rotatable bonds is 13. The van der Waals surface area contributed by atoms with Gasteiger partial charge in [0.2, 0.25) is 11.8 Å². The molecule has 0 aliphatic heterocycles. The van der Waals surface area contributed by atoms with Gasteiger partial charge in [-0.25, -0.2) is 4.79 Å². The molecule has 3 atom stereocenters. The van der Waals surface area contributed by atoms with Crippen molar-refractivity contribution in [2.24, 2.45) is 11.8 Å². The maximum atomic E-state index is 13.5. The lowest BCUT2D eigenvalue weighted by atomic mass is 9.88. The van der Waals surface area contributed by atoms with Crippen molar-refractivity contribution in [2.75, 3.05) is 7.05 Å². The number of aliphatic carboxylic acids is 1. The fourth-order valence-electron chi connectivity index (χ4n) is 3.80. The van der Waals surface area contributed by atoms with Crippen LogP contribution >= 0.6 is 0 Å². The first-order valence-electron chi connectivity index (χ1n) is 11.5. The van der Waals surface area contributed by atoms with Crippen molar-refractivity contribution in [1.82, 2.24) is 15.5 Å². The van der Waals surface area contributed by atoms with Crippen molar-refractivity contribution in [3.05, 3.63) is 11.6 Å². The van der Waals surface area contributed by atoms with Crippen LogP contribution in [0.15, 0.2) is 11.6 Å². The molecule has 0 saturated heterocycles. The monoisotopic (exact) mass is 439 g/mol. The lowest BCUT2D eigenvalue weighted by molar-refractivity contribution is -0.140. The Bertz CT molecular complexity index is 639. The van der Waals surface area contributed by atoms with Gasteiger partial charge in [0.1, 0.15) is 6.04 Å². The average molecular weight is 440 g/mol. The molecule has 0 fully saturated rings. The van der Waals surface area contributed by atoms with E-state index in [1.54, 1.807) is 18.0 Å². The molecule has 0 saturated carbocycles. The predicted molar refractivity (Wildman–Crippen MR) is 126 cm³/mol. The highest BCUT2D eigenvalue weighted by Crippen LogP contribution is 2.21. The van der Waals surface area contributed by atoms with Gasteiger partial charge in [0.05, 0.1) is 11.6 Å². The molecule has 0 radical (unpaired) electrons. The summed E-state index contributed by atoms with van der Waals surface area (Å²) < 4.78 is 0. The van der Waals surface area contributed by atoms with Crippen molar-refractivity contribution in [3.63, 3.8) is 0 Å². The van der Waals surface area contributed by atoms with Crippen LogP contribution < -0.4 is 10.6 Å². The fourth-order valence-corrected chi connectivity index (χ4v) is 3.80. The molecule has 0 aromatic heterocycles. The van der Waals surface area contributed by atoms with Crippen molar-refractivity contribution in [1.29, 1.82) is 0 Å². The highest BCUT2D eigenvalue weighted by molar-refractivity contribution is 5.92. The lowest BCUT2D eigenvalue weighted by Gasteiger charge is -2.38. The van der Waals surface area contributed by atoms with Crippen molar-refractivity contribution < 1.29 is 19.5 Å². The molecule has 7 heteroatoms. The van der Waals surface area contributed by atoms with Gasteiger partial charge in [-0.2, -0.15) is 0 Å². The molecule has 0 aromatic rings. The van der Waals surface area contributed by atoms with Crippen LogP contribution in [0.4, 0.5) is 0 Å². The molecule has 31 heavy (non-hydrogen) atoms. The minimum atomic E-state index is -1.01. The molecule has 3 N–H and O–H groups in total. The third kappa shape index (κ3) is 7.95. The van der Waals surface area contributed by atoms with Gasteiger partial charge in [0.25, 0.3) is 0 Å². The largest absolute Gasteiger partial charge is 0.478 e. The van der Waals surface area contributed by atoms with E-state index in [-0.39, 0.29) is 41.3 Å². The Kier molecular flexibility index (Phi) is 12.1. The first-order valence-corrected chi connectivity index (χ1v) is 11.5. The molecule has 0 bridgehead atoms. The summed E-state index contributed by atoms with van der Waals surface area (Å²) in [6.07, 6.45) is 3.56. The smallest absolute Gasteiger partial charge is 0.331 e. The molecule has 0 aliphatic rings. The van der Waals surface area contributed by atoms with Crippen LogP contribution in [-0.2, 0) is 14.4 Å². The van der Waals surface area contributed by atoms with Crippen LogP contribution in [0.1, 0.15) is 81.6 Å². The summed E-state index contributed by atoms with van der Waals surface area (Å²) in [7, 11) is 1.68. The quantitative estimate of drug-likeness (QED) is 0.381. The molecule has 2 amide bonds. The highest BCUT2D eigenvalue weighted by atomic mass is 16.4. The summed E-state index contributed by atoms with van der Waals surface area (Å²) in [5, 5.41) is 15.7. The Labute approximate surface area is 189 Å². The van der Waals surface area contributed by atoms with E-state index >= 15 is 0 Å². The van der Waals surface area contributed by atoms with Crippen molar-refractivity contribution >= 4 is 17.8 Å². The van der Waals surface area contributed by atoms with Gasteiger partial charge in [0.15, 0.2) is 0 Å². The number of amides is 2. The van der Waals surface area contributed by atoms with Crippen LogP contribution in [0.2, 0.25) is 0 Å². The number of carbonyl (C=O) groups is 3. The maximum Gasteiger partial charge on any atom is 0.331 e. The number of nitrogens with zero attached hydrogens (tertiary/aromatic N) is 1. The fraction of sp³-hybridized carbons (Fsp3) is 0.792. The minimum Gasteiger partial charge on any atom is -0.478 e. The number of hydrogen-bond acceptors (Lipinski definition) is 4. The standard InChI is InChI=1S/C24H45N3O4/c1-11-17(8)20(25-23(31)24(12-2,13-3)26-16(6)7)21(28)27(10)19(15(4)5)14-18(9)22(29)30/h14-17,19-20,26H,11-13H2,1-10H3,(H,25,31)(H,29,30)/t17-,19+,20-/m0/s1. The van der Waals surface area contributed by atoms with Gasteiger partial charge in [-0.05, 0) is 45.4 Å². The van der Waals surface area contributed by atoms with E-state index in [2.05, 4.69) is 10.6 Å². The normalized spacial score (nSPS) is 15.5. The number of nitrogens with one attached hydrogen (secondary N) is 2. The molecule has 180 valence electrons. The molecule has 0 heterocycles. The zero-order valence-corrected chi connectivity index (χ0v) is 21.2. The second kappa shape index (κ2) is 12.8. The third-order valence-corrected chi connectivity index (χ3v) is 6.21. The van der Waals surface area contributed by atoms with E-state index in [0.717, 1.165) is 6.42 Å². The van der Waals surface area contributed by atoms with E-state index < -0.39 is 17.6 Å². The van der Waals surface area contributed by atoms with Crippen molar-refractivity contribution in [3.8, 4) is 0 Å². The molecule has 7 nitrogen and oxygen atoms in total. The van der Waals surface area contributed by atoms with Gasteiger partial charge >= 0.3 is 5.97 Å². The van der Waals surface area contributed by atoms with E-state index in [1.165, 1.54) is 6.92 Å². The number of carboxylic acids is 1. The van der Waals surface area contributed by atoms with Gasteiger partial charge in [-0.3, -0.25) is 9.59 Å². The lowest BCUT2D eigenvalue weighted by Crippen LogP contribution is -2.63. The first-order chi connectivity index (χ1) is 14.3. The Morgan fingerprint density at radius 3 is 1.90 bits per heavy atom. The third-order valence-electron chi connectivity index (χ3n) is 6.21. The van der Waals surface area contributed by atoms with Crippen LogP contribution in [0.5, 0.6) is 0 Å². The van der Waals surface area contributed by atoms with E-state index in [0.29, 0.717) is 12.8 Å². The molecule has 0 spiro atoms. The zero-order valence-electron chi connectivity index (χ0n) is 21.2. The minimum absolute atomic E-state index is 0.0181. The molecular formula is C24H45N3O4. The Hall–Kier alpha value is -1.89. The van der Waals surface area contributed by atoms with Crippen molar-refractivity contribution in [2.45, 2.75) is 105 Å². The van der Waals surface area contributed by atoms with Crippen LogP contribution in [0.3, 0.4) is 0 Å². The summed E-state index contributed by atoms with van der Waals surface area (Å²) in [6.45, 7) is 17.3.